The van der Waals surface area contributed by atoms with Crippen molar-refractivity contribution in [3.05, 3.63) is 15.9 Å². The Balaban J connectivity index is 2.44. The van der Waals surface area contributed by atoms with E-state index in [9.17, 15) is 0 Å². The molecule has 0 spiro atoms. The summed E-state index contributed by atoms with van der Waals surface area (Å²) in [6.07, 6.45) is 0.982. The van der Waals surface area contributed by atoms with Crippen molar-refractivity contribution in [2.45, 2.75) is 26.5 Å². The molecule has 0 atom stereocenters. The van der Waals surface area contributed by atoms with Crippen LogP contribution in [0.3, 0.4) is 0 Å². The van der Waals surface area contributed by atoms with Crippen molar-refractivity contribution in [2.75, 3.05) is 6.61 Å². The van der Waals surface area contributed by atoms with E-state index in [-0.39, 0.29) is 0 Å². The van der Waals surface area contributed by atoms with Gasteiger partial charge in [0.1, 0.15) is 4.60 Å². The van der Waals surface area contributed by atoms with E-state index in [2.05, 4.69) is 28.0 Å². The van der Waals surface area contributed by atoms with Crippen molar-refractivity contribution in [3.63, 3.8) is 0 Å². The van der Waals surface area contributed by atoms with Crippen LogP contribution in [-0.2, 0) is 24.3 Å². The Labute approximate surface area is 79.8 Å². The molecule has 0 bridgehead atoms. The number of rotatable bonds is 1. The lowest BCUT2D eigenvalue weighted by Crippen LogP contribution is -2.08. The number of aryl methyl sites for hydroxylation is 1. The number of hydrogen-bond donors (Lipinski definition) is 0. The second-order valence-electron chi connectivity index (χ2n) is 2.83. The first-order valence-corrected chi connectivity index (χ1v) is 4.94. The molecule has 1 aliphatic rings. The molecule has 1 aliphatic heterocycles. The number of hydrogen-bond acceptors (Lipinski definition) is 2. The lowest BCUT2D eigenvalue weighted by Gasteiger charge is -2.09. The molecular formula is C8H11BrN2O. The summed E-state index contributed by atoms with van der Waals surface area (Å²) in [4.78, 5) is 0. The lowest BCUT2D eigenvalue weighted by atomic mass is 10.2. The van der Waals surface area contributed by atoms with Crippen molar-refractivity contribution in [1.82, 2.24) is 9.78 Å². The van der Waals surface area contributed by atoms with Gasteiger partial charge in [-0.1, -0.05) is 0 Å². The first-order valence-electron chi connectivity index (χ1n) is 4.14. The second-order valence-corrected chi connectivity index (χ2v) is 3.59. The van der Waals surface area contributed by atoms with Crippen molar-refractivity contribution in [2.24, 2.45) is 0 Å². The van der Waals surface area contributed by atoms with Gasteiger partial charge in [0.25, 0.3) is 0 Å². The average Bonchev–Trinajstić information content (AvgIpc) is 2.44. The second kappa shape index (κ2) is 3.18. The van der Waals surface area contributed by atoms with Crippen molar-refractivity contribution >= 4 is 15.9 Å². The molecule has 0 saturated carbocycles. The third kappa shape index (κ3) is 1.19. The van der Waals surface area contributed by atoms with Crippen LogP contribution in [-0.4, -0.2) is 16.4 Å². The lowest BCUT2D eigenvalue weighted by molar-refractivity contribution is 0.108. The highest BCUT2D eigenvalue weighted by atomic mass is 79.9. The van der Waals surface area contributed by atoms with Gasteiger partial charge in [-0.3, -0.25) is 4.68 Å². The fourth-order valence-corrected chi connectivity index (χ4v) is 2.20. The Morgan fingerprint density at radius 1 is 1.67 bits per heavy atom. The molecule has 12 heavy (non-hydrogen) atoms. The molecule has 3 nitrogen and oxygen atoms in total. The van der Waals surface area contributed by atoms with Crippen molar-refractivity contribution < 1.29 is 4.74 Å². The molecule has 0 fully saturated rings. The van der Waals surface area contributed by atoms with Crippen LogP contribution in [0, 0.1) is 0 Å². The SMILES string of the molecule is CCn1nc2c(c1Br)CCOC2. The van der Waals surface area contributed by atoms with Crippen LogP contribution < -0.4 is 0 Å². The Hall–Kier alpha value is -0.350. The minimum Gasteiger partial charge on any atom is -0.375 e. The minimum atomic E-state index is 0.668. The van der Waals surface area contributed by atoms with Crippen LogP contribution >= 0.6 is 15.9 Å². The maximum Gasteiger partial charge on any atom is 0.107 e. The fourth-order valence-electron chi connectivity index (χ4n) is 1.44. The minimum absolute atomic E-state index is 0.668. The Morgan fingerprint density at radius 3 is 3.17 bits per heavy atom. The van der Waals surface area contributed by atoms with E-state index in [1.807, 2.05) is 4.68 Å². The number of nitrogens with zero attached hydrogens (tertiary/aromatic N) is 2. The summed E-state index contributed by atoms with van der Waals surface area (Å²) in [7, 11) is 0. The highest BCUT2D eigenvalue weighted by Gasteiger charge is 2.18. The van der Waals surface area contributed by atoms with Gasteiger partial charge in [0.15, 0.2) is 0 Å². The molecule has 1 aromatic heterocycles. The maximum absolute atomic E-state index is 5.31. The molecule has 2 heterocycles. The topological polar surface area (TPSA) is 27.1 Å². The molecule has 1 aromatic rings. The summed E-state index contributed by atoms with van der Waals surface area (Å²) in [6.45, 7) is 4.49. The van der Waals surface area contributed by atoms with Gasteiger partial charge in [-0.25, -0.2) is 0 Å². The van der Waals surface area contributed by atoms with E-state index in [1.54, 1.807) is 0 Å². The molecule has 0 unspecified atom stereocenters. The highest BCUT2D eigenvalue weighted by molar-refractivity contribution is 9.10. The Kier molecular flexibility index (Phi) is 2.19. The van der Waals surface area contributed by atoms with Crippen LogP contribution in [0.5, 0.6) is 0 Å². The van der Waals surface area contributed by atoms with Crippen LogP contribution in [0.2, 0.25) is 0 Å². The van der Waals surface area contributed by atoms with Crippen molar-refractivity contribution in [3.8, 4) is 0 Å². The van der Waals surface area contributed by atoms with E-state index in [0.717, 1.165) is 29.9 Å². The van der Waals surface area contributed by atoms with Gasteiger partial charge in [0.2, 0.25) is 0 Å². The molecule has 4 heteroatoms. The number of fused-ring (bicyclic) bond motifs is 1. The third-order valence-corrected chi connectivity index (χ3v) is 2.99. The Bertz CT molecular complexity index is 295. The summed E-state index contributed by atoms with van der Waals surface area (Å²) in [5.41, 5.74) is 2.41. The van der Waals surface area contributed by atoms with Crippen LogP contribution in [0.4, 0.5) is 0 Å². The first-order chi connectivity index (χ1) is 5.83. The average molecular weight is 231 g/mol. The summed E-state index contributed by atoms with van der Waals surface area (Å²) in [5.74, 6) is 0. The quantitative estimate of drug-likeness (QED) is 0.736. The molecule has 0 aliphatic carbocycles. The van der Waals surface area contributed by atoms with E-state index >= 15 is 0 Å². The van der Waals surface area contributed by atoms with Gasteiger partial charge in [-0.05, 0) is 22.9 Å². The van der Waals surface area contributed by atoms with Gasteiger partial charge >= 0.3 is 0 Å². The summed E-state index contributed by atoms with van der Waals surface area (Å²) in [6, 6.07) is 0. The fraction of sp³-hybridized carbons (Fsp3) is 0.625. The van der Waals surface area contributed by atoms with E-state index in [4.69, 9.17) is 4.74 Å². The van der Waals surface area contributed by atoms with E-state index in [1.165, 1.54) is 5.56 Å². The molecule has 0 amide bonds. The zero-order chi connectivity index (χ0) is 8.55. The zero-order valence-electron chi connectivity index (χ0n) is 7.01. The molecule has 0 radical (unpaired) electrons. The van der Waals surface area contributed by atoms with Crippen LogP contribution in [0.25, 0.3) is 0 Å². The van der Waals surface area contributed by atoms with Gasteiger partial charge in [0.05, 0.1) is 18.9 Å². The molecule has 2 rings (SSSR count). The predicted octanol–water partition coefficient (Wildman–Crippen LogP) is 1.74. The van der Waals surface area contributed by atoms with Crippen molar-refractivity contribution in [1.29, 1.82) is 0 Å². The zero-order valence-corrected chi connectivity index (χ0v) is 8.60. The van der Waals surface area contributed by atoms with Gasteiger partial charge < -0.3 is 4.74 Å². The summed E-state index contributed by atoms with van der Waals surface area (Å²) >= 11 is 3.54. The standard InChI is InChI=1S/C8H11BrN2O/c1-2-11-8(9)6-3-4-12-5-7(6)10-11/h2-5H2,1H3. The van der Waals surface area contributed by atoms with Gasteiger partial charge in [0, 0.05) is 18.5 Å². The summed E-state index contributed by atoms with van der Waals surface area (Å²) < 4.78 is 8.41. The number of halogens is 1. The van der Waals surface area contributed by atoms with E-state index < -0.39 is 0 Å². The van der Waals surface area contributed by atoms with Crippen LogP contribution in [0.15, 0.2) is 4.60 Å². The smallest absolute Gasteiger partial charge is 0.107 e. The largest absolute Gasteiger partial charge is 0.375 e. The highest BCUT2D eigenvalue weighted by Crippen LogP contribution is 2.24. The van der Waals surface area contributed by atoms with Crippen LogP contribution in [0.1, 0.15) is 18.2 Å². The van der Waals surface area contributed by atoms with E-state index in [0.29, 0.717) is 6.61 Å². The monoisotopic (exact) mass is 230 g/mol. The first kappa shape index (κ1) is 8.26. The third-order valence-electron chi connectivity index (χ3n) is 2.10. The maximum atomic E-state index is 5.31. The molecule has 0 aromatic carbocycles. The number of ether oxygens (including phenoxy) is 1. The predicted molar refractivity (Wildman–Crippen MR) is 49.0 cm³/mol. The number of aromatic nitrogens is 2. The normalized spacial score (nSPS) is 16.2. The van der Waals surface area contributed by atoms with Gasteiger partial charge in [-0.2, -0.15) is 5.10 Å². The molecule has 66 valence electrons. The summed E-state index contributed by atoms with van der Waals surface area (Å²) in [5, 5.41) is 4.41. The Morgan fingerprint density at radius 2 is 2.50 bits per heavy atom. The molecule has 0 N–H and O–H groups in total. The van der Waals surface area contributed by atoms with Gasteiger partial charge in [-0.15, -0.1) is 0 Å². The molecule has 0 saturated heterocycles. The molecular weight excluding hydrogens is 220 g/mol.